The molecule has 4 amide bonds. The number of benzene rings is 4. The molecule has 2 saturated heterocycles. The molecule has 55 heavy (non-hydrogen) atoms. The fraction of sp³-hybridized carbons (Fsp3) is 0.289. The van der Waals surface area contributed by atoms with Crippen molar-refractivity contribution in [3.8, 4) is 23.0 Å². The summed E-state index contributed by atoms with van der Waals surface area (Å²) >= 11 is 0. The SMILES string of the molecule is CCOc1cc([C@H]2C3=CC[C@@H]4C(=O)N(c5ccc(C=Cc6cc(OC)ccc6OC)cc5)C(=O)[C@@H]4[C@@H]3C[C@H]3C(=O)N(c4ccccc4)C(=O)[C@@]23C)ccc1O. The summed E-state index contributed by atoms with van der Waals surface area (Å²) in [5.41, 5.74) is 3.01. The maximum Gasteiger partial charge on any atom is 0.241 e. The maximum absolute atomic E-state index is 14.7. The Bertz CT molecular complexity index is 2260. The highest BCUT2D eigenvalue weighted by atomic mass is 16.5. The third-order valence-electron chi connectivity index (χ3n) is 11.9. The van der Waals surface area contributed by atoms with Crippen molar-refractivity contribution in [1.29, 1.82) is 0 Å². The molecular formula is C45H42N2O8. The number of phenols is 1. The summed E-state index contributed by atoms with van der Waals surface area (Å²) in [5.74, 6) is -2.77. The quantitative estimate of drug-likeness (QED) is 0.107. The van der Waals surface area contributed by atoms with Crippen molar-refractivity contribution in [3.05, 3.63) is 119 Å². The minimum absolute atomic E-state index is 0.0363. The van der Waals surface area contributed by atoms with E-state index >= 15 is 0 Å². The van der Waals surface area contributed by atoms with Crippen LogP contribution >= 0.6 is 0 Å². The number of fused-ring (bicyclic) bond motifs is 4. The molecule has 280 valence electrons. The zero-order chi connectivity index (χ0) is 38.6. The van der Waals surface area contributed by atoms with Gasteiger partial charge in [-0.3, -0.25) is 24.1 Å². The first-order chi connectivity index (χ1) is 26.6. The molecule has 2 aliphatic heterocycles. The van der Waals surface area contributed by atoms with E-state index in [1.54, 1.807) is 68.8 Å². The zero-order valence-electron chi connectivity index (χ0n) is 31.1. The van der Waals surface area contributed by atoms with E-state index in [-0.39, 0.29) is 41.5 Å². The van der Waals surface area contributed by atoms with Gasteiger partial charge in [0.1, 0.15) is 11.5 Å². The second-order valence-electron chi connectivity index (χ2n) is 14.7. The third-order valence-corrected chi connectivity index (χ3v) is 11.9. The van der Waals surface area contributed by atoms with Crippen LogP contribution in [0.3, 0.4) is 0 Å². The molecule has 3 fully saturated rings. The van der Waals surface area contributed by atoms with Crippen LogP contribution in [0.15, 0.2) is 103 Å². The lowest BCUT2D eigenvalue weighted by atomic mass is 9.51. The number of methoxy groups -OCH3 is 2. The molecule has 4 aliphatic rings. The smallest absolute Gasteiger partial charge is 0.241 e. The van der Waals surface area contributed by atoms with E-state index in [0.717, 1.165) is 16.7 Å². The minimum atomic E-state index is -1.20. The molecule has 2 heterocycles. The van der Waals surface area contributed by atoms with E-state index in [0.29, 0.717) is 41.5 Å². The molecular weight excluding hydrogens is 697 g/mol. The Morgan fingerprint density at radius 3 is 2.24 bits per heavy atom. The third kappa shape index (κ3) is 5.70. The van der Waals surface area contributed by atoms with Gasteiger partial charge < -0.3 is 19.3 Å². The number of hydrogen-bond acceptors (Lipinski definition) is 8. The van der Waals surface area contributed by atoms with Crippen molar-refractivity contribution < 1.29 is 38.5 Å². The second kappa shape index (κ2) is 13.9. The van der Waals surface area contributed by atoms with Crippen LogP contribution < -0.4 is 24.0 Å². The molecule has 0 aromatic heterocycles. The molecule has 8 rings (SSSR count). The van der Waals surface area contributed by atoms with Gasteiger partial charge in [-0.05, 0) is 98.3 Å². The lowest BCUT2D eigenvalue weighted by Gasteiger charge is -2.49. The molecule has 0 bridgehead atoms. The van der Waals surface area contributed by atoms with Gasteiger partial charge in [0, 0.05) is 11.5 Å². The summed E-state index contributed by atoms with van der Waals surface area (Å²) < 4.78 is 16.6. The molecule has 10 nitrogen and oxygen atoms in total. The van der Waals surface area contributed by atoms with Crippen LogP contribution in [0.2, 0.25) is 0 Å². The average molecular weight is 739 g/mol. The molecule has 0 unspecified atom stereocenters. The Morgan fingerprint density at radius 1 is 0.782 bits per heavy atom. The van der Waals surface area contributed by atoms with Crippen LogP contribution in [0.1, 0.15) is 49.3 Å². The topological polar surface area (TPSA) is 123 Å². The number of hydrogen-bond donors (Lipinski definition) is 1. The van der Waals surface area contributed by atoms with Crippen molar-refractivity contribution in [3.63, 3.8) is 0 Å². The van der Waals surface area contributed by atoms with Gasteiger partial charge in [-0.1, -0.05) is 60.2 Å². The Morgan fingerprint density at radius 2 is 1.53 bits per heavy atom. The average Bonchev–Trinajstić information content (AvgIpc) is 3.57. The van der Waals surface area contributed by atoms with Gasteiger partial charge in [0.05, 0.1) is 55.4 Å². The predicted molar refractivity (Wildman–Crippen MR) is 208 cm³/mol. The number of anilines is 2. The fourth-order valence-corrected chi connectivity index (χ4v) is 9.34. The van der Waals surface area contributed by atoms with Gasteiger partial charge in [-0.25, -0.2) is 4.90 Å². The van der Waals surface area contributed by atoms with Gasteiger partial charge in [0.25, 0.3) is 0 Å². The number of phenolic OH excluding ortho intramolecular Hbond substituents is 1. The number of ether oxygens (including phenoxy) is 3. The van der Waals surface area contributed by atoms with Crippen LogP contribution in [0.25, 0.3) is 12.2 Å². The number of imide groups is 2. The molecule has 0 radical (unpaired) electrons. The number of aromatic hydroxyl groups is 1. The molecule has 2 aliphatic carbocycles. The Balaban J connectivity index is 1.14. The van der Waals surface area contributed by atoms with Crippen molar-refractivity contribution >= 4 is 47.2 Å². The van der Waals surface area contributed by atoms with Crippen LogP contribution in [0.5, 0.6) is 23.0 Å². The number of carbonyl (C=O) groups excluding carboxylic acids is 4. The van der Waals surface area contributed by atoms with Crippen LogP contribution in [0, 0.1) is 29.1 Å². The van der Waals surface area contributed by atoms with Crippen LogP contribution in [-0.4, -0.2) is 49.6 Å². The van der Waals surface area contributed by atoms with Crippen molar-refractivity contribution in [2.45, 2.75) is 32.6 Å². The summed E-state index contributed by atoms with van der Waals surface area (Å²) in [6, 6.07) is 26.7. The Hall–Kier alpha value is -6.16. The molecule has 6 atom stereocenters. The van der Waals surface area contributed by atoms with Gasteiger partial charge >= 0.3 is 0 Å². The standard InChI is InChI=1S/C45H42N2O8/c1-5-55-38-24-28(15-21-36(38)48)40-32-19-20-33-39(34(32)25-35-42(50)47(44(52)45(35,40)2)29-9-7-6-8-10-29)43(51)46(41(33)49)30-16-12-26(13-17-30)11-14-27-23-31(53-3)18-22-37(27)54-4/h6-19,21-24,33-35,39-40,48H,5,20,25H2,1-4H3/t33-,34+,35-,39-,40-,45+/m0/s1. The molecule has 4 aromatic rings. The largest absolute Gasteiger partial charge is 0.504 e. The highest BCUT2D eigenvalue weighted by Gasteiger charge is 2.67. The monoisotopic (exact) mass is 738 g/mol. The number of amides is 4. The lowest BCUT2D eigenvalue weighted by Crippen LogP contribution is -2.48. The lowest BCUT2D eigenvalue weighted by molar-refractivity contribution is -0.131. The number of para-hydroxylation sites is 1. The van der Waals surface area contributed by atoms with Gasteiger partial charge in [-0.2, -0.15) is 0 Å². The van der Waals surface area contributed by atoms with Gasteiger partial charge in [0.15, 0.2) is 11.5 Å². The van der Waals surface area contributed by atoms with Crippen molar-refractivity contribution in [2.24, 2.45) is 29.1 Å². The van der Waals surface area contributed by atoms with E-state index in [9.17, 15) is 24.3 Å². The van der Waals surface area contributed by atoms with Crippen LogP contribution in [0.4, 0.5) is 11.4 Å². The van der Waals surface area contributed by atoms with E-state index in [2.05, 4.69) is 0 Å². The van der Waals surface area contributed by atoms with Crippen LogP contribution in [-0.2, 0) is 19.2 Å². The zero-order valence-corrected chi connectivity index (χ0v) is 31.1. The minimum Gasteiger partial charge on any atom is -0.504 e. The number of carbonyl (C=O) groups is 4. The number of nitrogens with zero attached hydrogens (tertiary/aromatic N) is 2. The first-order valence-electron chi connectivity index (χ1n) is 18.6. The maximum atomic E-state index is 14.7. The van der Waals surface area contributed by atoms with Gasteiger partial charge in [-0.15, -0.1) is 0 Å². The summed E-state index contributed by atoms with van der Waals surface area (Å²) in [4.78, 5) is 60.4. The fourth-order valence-electron chi connectivity index (χ4n) is 9.34. The van der Waals surface area contributed by atoms with E-state index in [1.807, 2.05) is 68.5 Å². The van der Waals surface area contributed by atoms with E-state index in [4.69, 9.17) is 14.2 Å². The summed E-state index contributed by atoms with van der Waals surface area (Å²) in [6.07, 6.45) is 6.41. The second-order valence-corrected chi connectivity index (χ2v) is 14.7. The molecule has 4 aromatic carbocycles. The predicted octanol–water partition coefficient (Wildman–Crippen LogP) is 7.41. The Labute approximate surface area is 319 Å². The highest BCUT2D eigenvalue weighted by Crippen LogP contribution is 2.64. The number of rotatable bonds is 9. The van der Waals surface area contributed by atoms with Crippen molar-refractivity contribution in [1.82, 2.24) is 0 Å². The molecule has 0 spiro atoms. The molecule has 1 N–H and O–H groups in total. The molecule has 1 saturated carbocycles. The summed E-state index contributed by atoms with van der Waals surface area (Å²) in [6.45, 7) is 3.98. The normalized spacial score (nSPS) is 25.8. The number of allylic oxidation sites excluding steroid dienone is 2. The van der Waals surface area contributed by atoms with E-state index < -0.39 is 35.0 Å². The Kier molecular flexibility index (Phi) is 9.07. The summed E-state index contributed by atoms with van der Waals surface area (Å²) in [5, 5.41) is 10.6. The first-order valence-corrected chi connectivity index (χ1v) is 18.6. The molecule has 10 heteroatoms. The first kappa shape index (κ1) is 35.8. The van der Waals surface area contributed by atoms with E-state index in [1.165, 1.54) is 9.80 Å². The van der Waals surface area contributed by atoms with Crippen molar-refractivity contribution in [2.75, 3.05) is 30.6 Å². The summed E-state index contributed by atoms with van der Waals surface area (Å²) in [7, 11) is 3.21. The van der Waals surface area contributed by atoms with Gasteiger partial charge in [0.2, 0.25) is 23.6 Å². The highest BCUT2D eigenvalue weighted by molar-refractivity contribution is 6.25.